The molecular weight excluding hydrogens is 232 g/mol. The number of hydrogen-bond acceptors (Lipinski definition) is 3. The molecule has 0 aliphatic carbocycles. The number of nitrogens with zero attached hydrogens (tertiary/aromatic N) is 1. The van der Waals surface area contributed by atoms with Crippen LogP contribution in [0.2, 0.25) is 0 Å². The Kier molecular flexibility index (Phi) is 3.39. The molecule has 3 atom stereocenters. The molecule has 0 amide bonds. The molecule has 1 N–H and O–H groups in total. The van der Waals surface area contributed by atoms with Crippen molar-refractivity contribution in [1.29, 1.82) is 0 Å². The molecule has 2 rings (SSSR count). The monoisotopic (exact) mass is 248 g/mol. The molecule has 0 bridgehead atoms. The van der Waals surface area contributed by atoms with E-state index >= 15 is 0 Å². The van der Waals surface area contributed by atoms with Gasteiger partial charge < -0.3 is 4.74 Å². The zero-order valence-corrected chi connectivity index (χ0v) is 10.5. The quantitative estimate of drug-likeness (QED) is 0.787. The molecule has 1 unspecified atom stereocenters. The van der Waals surface area contributed by atoms with E-state index < -0.39 is 5.69 Å². The second kappa shape index (κ2) is 4.83. The predicted octanol–water partition coefficient (Wildman–Crippen LogP) is 0.792. The number of rotatable bonds is 2. The van der Waals surface area contributed by atoms with E-state index in [1.54, 1.807) is 6.92 Å². The van der Waals surface area contributed by atoms with Crippen molar-refractivity contribution in [3.05, 3.63) is 32.6 Å². The summed E-state index contributed by atoms with van der Waals surface area (Å²) in [4.78, 5) is 25.3. The number of terminal acetylenes is 1. The molecule has 0 saturated carbocycles. The van der Waals surface area contributed by atoms with E-state index in [2.05, 4.69) is 10.9 Å². The summed E-state index contributed by atoms with van der Waals surface area (Å²) in [6.45, 7) is 3.65. The third-order valence-electron chi connectivity index (χ3n) is 3.31. The minimum absolute atomic E-state index is 0.0131. The Hall–Kier alpha value is -1.80. The van der Waals surface area contributed by atoms with E-state index in [4.69, 9.17) is 11.2 Å². The van der Waals surface area contributed by atoms with Crippen molar-refractivity contribution in [3.8, 4) is 12.3 Å². The van der Waals surface area contributed by atoms with Crippen LogP contribution in [-0.4, -0.2) is 15.7 Å². The highest BCUT2D eigenvalue weighted by Crippen LogP contribution is 2.33. The van der Waals surface area contributed by atoms with Gasteiger partial charge >= 0.3 is 5.69 Å². The molecule has 1 saturated heterocycles. The number of H-pyrrole nitrogens is 1. The Morgan fingerprint density at radius 3 is 2.89 bits per heavy atom. The summed E-state index contributed by atoms with van der Waals surface area (Å²) >= 11 is 0. The second-order valence-electron chi connectivity index (χ2n) is 4.52. The van der Waals surface area contributed by atoms with Crippen LogP contribution in [0, 0.1) is 25.2 Å². The summed E-state index contributed by atoms with van der Waals surface area (Å²) in [7, 11) is 0. The molecular formula is C13H16N2O3. The lowest BCUT2D eigenvalue weighted by atomic mass is 10.0. The van der Waals surface area contributed by atoms with E-state index in [1.165, 1.54) is 10.8 Å². The van der Waals surface area contributed by atoms with Crippen LogP contribution in [0.15, 0.2) is 15.8 Å². The first-order chi connectivity index (χ1) is 8.56. The van der Waals surface area contributed by atoms with E-state index in [-0.39, 0.29) is 23.8 Å². The summed E-state index contributed by atoms with van der Waals surface area (Å²) in [6, 6.07) is 0. The lowest BCUT2D eigenvalue weighted by Crippen LogP contribution is -2.33. The van der Waals surface area contributed by atoms with Gasteiger partial charge in [0.05, 0.1) is 12.0 Å². The molecule has 1 fully saturated rings. The van der Waals surface area contributed by atoms with Gasteiger partial charge in [0.25, 0.3) is 5.56 Å². The van der Waals surface area contributed by atoms with Gasteiger partial charge in [-0.15, -0.1) is 12.3 Å². The molecule has 0 spiro atoms. The SMILES string of the molecule is C#CC1C[C@H](n2cc(C)c(=O)[nH]c2=O)O[C@@H]1CC. The molecule has 1 aliphatic heterocycles. The highest BCUT2D eigenvalue weighted by Gasteiger charge is 2.34. The van der Waals surface area contributed by atoms with Crippen LogP contribution in [0.5, 0.6) is 0 Å². The van der Waals surface area contributed by atoms with E-state index in [1.807, 2.05) is 6.92 Å². The van der Waals surface area contributed by atoms with Crippen LogP contribution in [0.25, 0.3) is 0 Å². The van der Waals surface area contributed by atoms with Crippen molar-refractivity contribution in [2.75, 3.05) is 0 Å². The van der Waals surface area contributed by atoms with Crippen molar-refractivity contribution < 1.29 is 4.74 Å². The summed E-state index contributed by atoms with van der Waals surface area (Å²) in [5.74, 6) is 2.71. The first-order valence-electron chi connectivity index (χ1n) is 6.00. The van der Waals surface area contributed by atoms with Crippen molar-refractivity contribution >= 4 is 0 Å². The van der Waals surface area contributed by atoms with Gasteiger partial charge in [0.2, 0.25) is 0 Å². The van der Waals surface area contributed by atoms with Gasteiger partial charge in [-0.25, -0.2) is 4.79 Å². The Labute approximate surface area is 105 Å². The van der Waals surface area contributed by atoms with Crippen LogP contribution in [-0.2, 0) is 4.74 Å². The van der Waals surface area contributed by atoms with Gasteiger partial charge in [0.15, 0.2) is 0 Å². The van der Waals surface area contributed by atoms with Crippen molar-refractivity contribution in [1.82, 2.24) is 9.55 Å². The van der Waals surface area contributed by atoms with Gasteiger partial charge in [0.1, 0.15) is 6.23 Å². The van der Waals surface area contributed by atoms with E-state index in [0.29, 0.717) is 12.0 Å². The maximum absolute atomic E-state index is 11.7. The molecule has 5 heteroatoms. The highest BCUT2D eigenvalue weighted by atomic mass is 16.5. The van der Waals surface area contributed by atoms with Crippen LogP contribution < -0.4 is 11.2 Å². The number of aryl methyl sites for hydroxylation is 1. The predicted molar refractivity (Wildman–Crippen MR) is 67.2 cm³/mol. The smallest absolute Gasteiger partial charge is 0.330 e. The second-order valence-corrected chi connectivity index (χ2v) is 4.52. The summed E-state index contributed by atoms with van der Waals surface area (Å²) in [5.41, 5.74) is -0.340. The van der Waals surface area contributed by atoms with Crippen LogP contribution >= 0.6 is 0 Å². The normalized spacial score (nSPS) is 27.1. The van der Waals surface area contributed by atoms with Gasteiger partial charge in [-0.2, -0.15) is 0 Å². The largest absolute Gasteiger partial charge is 0.353 e. The molecule has 18 heavy (non-hydrogen) atoms. The zero-order valence-electron chi connectivity index (χ0n) is 10.5. The van der Waals surface area contributed by atoms with Crippen LogP contribution in [0.4, 0.5) is 0 Å². The maximum Gasteiger partial charge on any atom is 0.330 e. The van der Waals surface area contributed by atoms with Crippen molar-refractivity contribution in [2.24, 2.45) is 5.92 Å². The Morgan fingerprint density at radius 2 is 2.33 bits per heavy atom. The molecule has 1 aromatic rings. The number of ether oxygens (including phenoxy) is 1. The molecule has 1 aromatic heterocycles. The first-order valence-corrected chi connectivity index (χ1v) is 6.00. The zero-order chi connectivity index (χ0) is 13.3. The Morgan fingerprint density at radius 1 is 1.61 bits per heavy atom. The molecule has 5 nitrogen and oxygen atoms in total. The fourth-order valence-electron chi connectivity index (χ4n) is 2.26. The summed E-state index contributed by atoms with van der Waals surface area (Å²) in [6.07, 6.45) is 7.97. The van der Waals surface area contributed by atoms with Crippen molar-refractivity contribution in [2.45, 2.75) is 39.0 Å². The Balaban J connectivity index is 2.35. The maximum atomic E-state index is 11.7. The van der Waals surface area contributed by atoms with Crippen molar-refractivity contribution in [3.63, 3.8) is 0 Å². The molecule has 96 valence electrons. The average molecular weight is 248 g/mol. The number of aromatic nitrogens is 2. The lowest BCUT2D eigenvalue weighted by Gasteiger charge is -2.15. The third-order valence-corrected chi connectivity index (χ3v) is 3.31. The van der Waals surface area contributed by atoms with Crippen LogP contribution in [0.1, 0.15) is 31.6 Å². The van der Waals surface area contributed by atoms with Gasteiger partial charge in [-0.05, 0) is 13.3 Å². The molecule has 0 aromatic carbocycles. The standard InChI is InChI=1S/C13H16N2O3/c1-4-9-6-11(18-10(9)5-2)15-7-8(3)12(16)14-13(15)17/h1,7,9-11H,5-6H2,2-3H3,(H,14,16,17)/t9?,10-,11-/m1/s1. The fourth-order valence-corrected chi connectivity index (χ4v) is 2.26. The summed E-state index contributed by atoms with van der Waals surface area (Å²) < 4.78 is 7.19. The topological polar surface area (TPSA) is 64.1 Å². The van der Waals surface area contributed by atoms with Gasteiger partial charge in [0, 0.05) is 18.2 Å². The molecule has 1 aliphatic rings. The van der Waals surface area contributed by atoms with Gasteiger partial charge in [-0.1, -0.05) is 6.92 Å². The fraction of sp³-hybridized carbons (Fsp3) is 0.538. The Bertz CT molecular complexity index is 593. The lowest BCUT2D eigenvalue weighted by molar-refractivity contribution is -0.00564. The molecule has 2 heterocycles. The number of hydrogen-bond donors (Lipinski definition) is 1. The van der Waals surface area contributed by atoms with E-state index in [9.17, 15) is 9.59 Å². The number of aromatic amines is 1. The van der Waals surface area contributed by atoms with E-state index in [0.717, 1.165) is 6.42 Å². The molecule has 0 radical (unpaired) electrons. The number of nitrogens with one attached hydrogen (secondary N) is 1. The average Bonchev–Trinajstić information content (AvgIpc) is 2.76. The van der Waals surface area contributed by atoms with Gasteiger partial charge in [-0.3, -0.25) is 14.3 Å². The summed E-state index contributed by atoms with van der Waals surface area (Å²) in [5, 5.41) is 0. The third kappa shape index (κ3) is 2.12. The highest BCUT2D eigenvalue weighted by molar-refractivity contribution is 5.04. The first kappa shape index (κ1) is 12.7. The minimum atomic E-state index is -0.455. The minimum Gasteiger partial charge on any atom is -0.353 e. The van der Waals surface area contributed by atoms with Crippen LogP contribution in [0.3, 0.4) is 0 Å².